The Bertz CT molecular complexity index is 1300. The molecule has 1 aliphatic carbocycles. The lowest BCUT2D eigenvalue weighted by Crippen LogP contribution is -2.24. The largest absolute Gasteiger partial charge is 0.464 e. The van der Waals surface area contributed by atoms with Gasteiger partial charge in [0.2, 0.25) is 5.91 Å². The van der Waals surface area contributed by atoms with Crippen LogP contribution in [-0.2, 0) is 9.53 Å². The van der Waals surface area contributed by atoms with Crippen LogP contribution in [0.25, 0.3) is 0 Å². The van der Waals surface area contributed by atoms with Gasteiger partial charge in [0.25, 0.3) is 0 Å². The SMILES string of the molecule is CC.COC(=O)c1cnc(C2CCC(C)(C)C(/C=C/C(C)=C/C=C/C(C)=C\C(=O)Nc3ccccc3)=C2C)cn1. The zero-order valence-corrected chi connectivity index (χ0v) is 25.1. The van der Waals surface area contributed by atoms with Crippen LogP contribution in [0.3, 0.4) is 0 Å². The second-order valence-corrected chi connectivity index (χ2v) is 10.2. The van der Waals surface area contributed by atoms with Crippen LogP contribution in [0.5, 0.6) is 0 Å². The van der Waals surface area contributed by atoms with Gasteiger partial charge < -0.3 is 10.1 Å². The molecule has 3 rings (SSSR count). The minimum Gasteiger partial charge on any atom is -0.464 e. The van der Waals surface area contributed by atoms with Gasteiger partial charge in [0, 0.05) is 17.7 Å². The Hall–Kier alpha value is -4.06. The Kier molecular flexibility index (Phi) is 12.5. The van der Waals surface area contributed by atoms with Gasteiger partial charge in [-0.2, -0.15) is 0 Å². The molecule has 0 fully saturated rings. The molecule has 0 radical (unpaired) electrons. The molecule has 1 N–H and O–H groups in total. The first-order chi connectivity index (χ1) is 19.1. The summed E-state index contributed by atoms with van der Waals surface area (Å²) in [6.07, 6.45) is 17.0. The van der Waals surface area contributed by atoms with E-state index in [1.54, 1.807) is 12.3 Å². The zero-order chi connectivity index (χ0) is 29.7. The fourth-order valence-corrected chi connectivity index (χ4v) is 4.61. The third kappa shape index (κ3) is 9.30. The molecule has 0 saturated carbocycles. The Balaban J connectivity index is 0.00000274. The quantitative estimate of drug-likeness (QED) is 0.207. The van der Waals surface area contributed by atoms with Crippen molar-refractivity contribution in [1.29, 1.82) is 0 Å². The molecule has 0 bridgehead atoms. The van der Waals surface area contributed by atoms with E-state index in [0.717, 1.165) is 35.4 Å². The van der Waals surface area contributed by atoms with E-state index in [2.05, 4.69) is 55.1 Å². The van der Waals surface area contributed by atoms with Crippen molar-refractivity contribution in [2.24, 2.45) is 5.41 Å². The summed E-state index contributed by atoms with van der Waals surface area (Å²) < 4.78 is 4.73. The number of hydrogen-bond acceptors (Lipinski definition) is 5. The standard InChI is InChI=1S/C32H37N3O3.C2H6/c1-22(11-10-12-23(2)19-30(36)35-25-13-8-7-9-14-25)15-16-27-24(3)26(17-18-32(27,4)5)28-20-34-29(21-33-28)31(37)38-6;1-2/h7-16,19-21,26H,17-18H2,1-6H3,(H,35,36);1-2H3/b12-10+,16-15+,22-11+,23-19-;. The smallest absolute Gasteiger partial charge is 0.358 e. The predicted molar refractivity (Wildman–Crippen MR) is 164 cm³/mol. The monoisotopic (exact) mass is 541 g/mol. The van der Waals surface area contributed by atoms with Crippen molar-refractivity contribution in [2.45, 2.75) is 67.2 Å². The van der Waals surface area contributed by atoms with Crippen molar-refractivity contribution < 1.29 is 14.3 Å². The highest BCUT2D eigenvalue weighted by Crippen LogP contribution is 2.46. The summed E-state index contributed by atoms with van der Waals surface area (Å²) in [5, 5.41) is 2.86. The molecule has 0 saturated heterocycles. The molecule has 1 amide bonds. The Morgan fingerprint density at radius 3 is 2.35 bits per heavy atom. The summed E-state index contributed by atoms with van der Waals surface area (Å²) in [6, 6.07) is 9.40. The molecular formula is C34H43N3O3. The Morgan fingerprint density at radius 2 is 1.73 bits per heavy atom. The van der Waals surface area contributed by atoms with Gasteiger partial charge >= 0.3 is 5.97 Å². The number of carbonyl (C=O) groups is 2. The van der Waals surface area contributed by atoms with Crippen molar-refractivity contribution in [3.8, 4) is 0 Å². The summed E-state index contributed by atoms with van der Waals surface area (Å²) in [5.41, 5.74) is 6.41. The van der Waals surface area contributed by atoms with Gasteiger partial charge in [-0.25, -0.2) is 9.78 Å². The summed E-state index contributed by atoms with van der Waals surface area (Å²) in [5.74, 6) is -0.483. The molecule has 1 unspecified atom stereocenters. The van der Waals surface area contributed by atoms with E-state index < -0.39 is 5.97 Å². The van der Waals surface area contributed by atoms with E-state index >= 15 is 0 Å². The molecule has 1 atom stereocenters. The fraction of sp³-hybridized carbons (Fsp3) is 0.353. The molecule has 40 heavy (non-hydrogen) atoms. The van der Waals surface area contributed by atoms with Crippen molar-refractivity contribution in [3.05, 3.63) is 113 Å². The van der Waals surface area contributed by atoms with E-state index in [1.807, 2.05) is 69.3 Å². The highest BCUT2D eigenvalue weighted by atomic mass is 16.5. The first-order valence-corrected chi connectivity index (χ1v) is 13.8. The zero-order valence-electron chi connectivity index (χ0n) is 25.1. The molecule has 1 aliphatic rings. The molecule has 6 nitrogen and oxygen atoms in total. The highest BCUT2D eigenvalue weighted by Gasteiger charge is 2.33. The average Bonchev–Trinajstić information content (AvgIpc) is 2.94. The number of nitrogens with one attached hydrogen (secondary N) is 1. The number of methoxy groups -OCH3 is 1. The first-order valence-electron chi connectivity index (χ1n) is 13.8. The van der Waals surface area contributed by atoms with E-state index in [0.29, 0.717) is 0 Å². The number of carbonyl (C=O) groups excluding carboxylic acids is 2. The summed E-state index contributed by atoms with van der Waals surface area (Å²) in [7, 11) is 1.34. The minimum absolute atomic E-state index is 0.0397. The number of esters is 1. The number of anilines is 1. The lowest BCUT2D eigenvalue weighted by molar-refractivity contribution is -0.111. The number of amides is 1. The molecule has 1 aromatic carbocycles. The molecule has 1 aromatic heterocycles. The highest BCUT2D eigenvalue weighted by molar-refractivity contribution is 5.99. The van der Waals surface area contributed by atoms with Gasteiger partial charge in [-0.1, -0.05) is 87.4 Å². The van der Waals surface area contributed by atoms with Gasteiger partial charge in [-0.15, -0.1) is 0 Å². The van der Waals surface area contributed by atoms with Crippen LogP contribution in [-0.4, -0.2) is 29.0 Å². The minimum atomic E-state index is -0.484. The normalized spacial score (nSPS) is 17.4. The second kappa shape index (κ2) is 15.5. The van der Waals surface area contributed by atoms with Crippen LogP contribution >= 0.6 is 0 Å². The maximum absolute atomic E-state index is 12.2. The summed E-state index contributed by atoms with van der Waals surface area (Å²) >= 11 is 0. The number of benzene rings is 1. The first kappa shape index (κ1) is 32.2. The molecule has 0 spiro atoms. The van der Waals surface area contributed by atoms with Crippen molar-refractivity contribution in [3.63, 3.8) is 0 Å². The lowest BCUT2D eigenvalue weighted by Gasteiger charge is -2.37. The number of rotatable bonds is 8. The number of allylic oxidation sites excluding steroid dienone is 9. The fourth-order valence-electron chi connectivity index (χ4n) is 4.61. The van der Waals surface area contributed by atoms with Crippen molar-refractivity contribution >= 4 is 17.6 Å². The van der Waals surface area contributed by atoms with E-state index in [4.69, 9.17) is 4.74 Å². The topological polar surface area (TPSA) is 81.2 Å². The number of hydrogen-bond donors (Lipinski definition) is 1. The summed E-state index contributed by atoms with van der Waals surface area (Å²) in [4.78, 5) is 32.7. The van der Waals surface area contributed by atoms with Crippen LogP contribution < -0.4 is 5.32 Å². The van der Waals surface area contributed by atoms with Crippen LogP contribution in [0.4, 0.5) is 5.69 Å². The number of ether oxygens (including phenoxy) is 1. The lowest BCUT2D eigenvalue weighted by atomic mass is 9.68. The molecule has 6 heteroatoms. The van der Waals surface area contributed by atoms with Crippen molar-refractivity contribution in [2.75, 3.05) is 12.4 Å². The van der Waals surface area contributed by atoms with Crippen LogP contribution in [0.2, 0.25) is 0 Å². The third-order valence-corrected chi connectivity index (χ3v) is 6.79. The third-order valence-electron chi connectivity index (χ3n) is 6.79. The maximum atomic E-state index is 12.2. The Morgan fingerprint density at radius 1 is 1.02 bits per heavy atom. The Labute approximate surface area is 239 Å². The molecule has 0 aliphatic heterocycles. The number of para-hydroxylation sites is 1. The average molecular weight is 542 g/mol. The second-order valence-electron chi connectivity index (χ2n) is 10.2. The number of nitrogens with zero attached hydrogens (tertiary/aromatic N) is 2. The van der Waals surface area contributed by atoms with E-state index in [-0.39, 0.29) is 22.9 Å². The van der Waals surface area contributed by atoms with E-state index in [9.17, 15) is 9.59 Å². The molecular weight excluding hydrogens is 498 g/mol. The van der Waals surface area contributed by atoms with Crippen LogP contribution in [0, 0.1) is 5.41 Å². The van der Waals surface area contributed by atoms with Crippen LogP contribution in [0.15, 0.2) is 101 Å². The van der Waals surface area contributed by atoms with Gasteiger partial charge in [0.1, 0.15) is 0 Å². The van der Waals surface area contributed by atoms with E-state index in [1.165, 1.54) is 24.5 Å². The van der Waals surface area contributed by atoms with Crippen molar-refractivity contribution in [1.82, 2.24) is 9.97 Å². The van der Waals surface area contributed by atoms with Crippen LogP contribution in [0.1, 0.15) is 83.4 Å². The van der Waals surface area contributed by atoms with Gasteiger partial charge in [-0.3, -0.25) is 9.78 Å². The molecule has 2 aromatic rings. The summed E-state index contributed by atoms with van der Waals surface area (Å²) in [6.45, 7) is 14.7. The van der Waals surface area contributed by atoms with Gasteiger partial charge in [0.05, 0.1) is 25.2 Å². The number of aromatic nitrogens is 2. The maximum Gasteiger partial charge on any atom is 0.358 e. The van der Waals surface area contributed by atoms with Gasteiger partial charge in [-0.05, 0) is 62.3 Å². The molecule has 1 heterocycles. The van der Waals surface area contributed by atoms with Gasteiger partial charge in [0.15, 0.2) is 5.69 Å². The predicted octanol–water partition coefficient (Wildman–Crippen LogP) is 8.15. The molecule has 212 valence electrons.